The minimum atomic E-state index is -0.743. The van der Waals surface area contributed by atoms with E-state index in [4.69, 9.17) is 11.6 Å². The van der Waals surface area contributed by atoms with Crippen molar-refractivity contribution in [2.75, 3.05) is 27.2 Å². The second-order valence-electron chi connectivity index (χ2n) is 5.67. The number of nitrogens with zero attached hydrogens (tertiary/aromatic N) is 1. The highest BCUT2D eigenvalue weighted by Gasteiger charge is 2.21. The van der Waals surface area contributed by atoms with Crippen LogP contribution in [0.15, 0.2) is 24.3 Å². The minimum absolute atomic E-state index is 0.537. The largest absolute Gasteiger partial charge is 0.388 e. The third-order valence-corrected chi connectivity index (χ3v) is 4.76. The molecule has 0 saturated heterocycles. The quantitative estimate of drug-likeness (QED) is 0.861. The first-order valence-electron chi connectivity index (χ1n) is 6.63. The second-order valence-corrected chi connectivity index (χ2v) is 7.19. The van der Waals surface area contributed by atoms with Crippen LogP contribution in [0.5, 0.6) is 0 Å². The summed E-state index contributed by atoms with van der Waals surface area (Å²) in [5.41, 5.74) is -0.743. The number of halogens is 1. The monoisotopic (exact) mass is 312 g/mol. The molecule has 1 aromatic carbocycles. The van der Waals surface area contributed by atoms with Gasteiger partial charge in [-0.05, 0) is 27.1 Å². The lowest BCUT2D eigenvalue weighted by atomic mass is 10.1. The molecule has 0 spiro atoms. The predicted octanol–water partition coefficient (Wildman–Crippen LogP) is 2.96. The van der Waals surface area contributed by atoms with Gasteiger partial charge in [0.1, 0.15) is 0 Å². The normalized spacial score (nSPS) is 14.9. The summed E-state index contributed by atoms with van der Waals surface area (Å²) in [6, 6.07) is 8.14. The Balaban J connectivity index is 1.98. The molecule has 0 fully saturated rings. The SMILES string of the molecule is CN(C)CC(C)(O)CNCc1sc2ccccc2c1Cl. The molecule has 1 heterocycles. The van der Waals surface area contributed by atoms with Gasteiger partial charge < -0.3 is 15.3 Å². The lowest BCUT2D eigenvalue weighted by Gasteiger charge is -2.27. The summed E-state index contributed by atoms with van der Waals surface area (Å²) >= 11 is 8.09. The van der Waals surface area contributed by atoms with Crippen LogP contribution >= 0.6 is 22.9 Å². The van der Waals surface area contributed by atoms with Crippen LogP contribution in [-0.4, -0.2) is 42.8 Å². The summed E-state index contributed by atoms with van der Waals surface area (Å²) in [5.74, 6) is 0. The maximum atomic E-state index is 10.2. The summed E-state index contributed by atoms with van der Waals surface area (Å²) in [5, 5.41) is 15.5. The average Bonchev–Trinajstić information content (AvgIpc) is 2.65. The minimum Gasteiger partial charge on any atom is -0.388 e. The Kier molecular flexibility index (Phi) is 5.04. The summed E-state index contributed by atoms with van der Waals surface area (Å²) < 4.78 is 1.20. The first-order valence-corrected chi connectivity index (χ1v) is 7.82. The molecule has 0 aliphatic carbocycles. The van der Waals surface area contributed by atoms with E-state index in [1.165, 1.54) is 4.70 Å². The third kappa shape index (κ3) is 3.93. The molecule has 1 aromatic heterocycles. The number of rotatable bonds is 6. The van der Waals surface area contributed by atoms with Crippen LogP contribution in [0, 0.1) is 0 Å². The maximum absolute atomic E-state index is 10.2. The fourth-order valence-electron chi connectivity index (χ4n) is 2.36. The summed E-state index contributed by atoms with van der Waals surface area (Å²) in [6.07, 6.45) is 0. The Morgan fingerprint density at radius 1 is 1.35 bits per heavy atom. The van der Waals surface area contributed by atoms with Crippen LogP contribution in [0.3, 0.4) is 0 Å². The van der Waals surface area contributed by atoms with E-state index < -0.39 is 5.60 Å². The zero-order valence-corrected chi connectivity index (χ0v) is 13.7. The van der Waals surface area contributed by atoms with Gasteiger partial charge in [0.2, 0.25) is 0 Å². The molecule has 1 atom stereocenters. The number of fused-ring (bicyclic) bond motifs is 1. The van der Waals surface area contributed by atoms with E-state index in [1.54, 1.807) is 11.3 Å². The Morgan fingerprint density at radius 3 is 2.70 bits per heavy atom. The smallest absolute Gasteiger partial charge is 0.0869 e. The molecule has 2 aromatic rings. The Hall–Kier alpha value is -0.650. The standard InChI is InChI=1S/C15H21ClN2OS/c1-15(19,10-18(2)3)9-17-8-13-14(16)11-6-4-5-7-12(11)20-13/h4-7,17,19H,8-10H2,1-3H3. The van der Waals surface area contributed by atoms with Crippen LogP contribution in [0.1, 0.15) is 11.8 Å². The van der Waals surface area contributed by atoms with Gasteiger partial charge in [-0.1, -0.05) is 29.8 Å². The van der Waals surface area contributed by atoms with Gasteiger partial charge in [0.05, 0.1) is 10.6 Å². The predicted molar refractivity (Wildman–Crippen MR) is 87.7 cm³/mol. The lowest BCUT2D eigenvalue weighted by Crippen LogP contribution is -2.45. The number of hydrogen-bond donors (Lipinski definition) is 2. The zero-order valence-electron chi connectivity index (χ0n) is 12.1. The van der Waals surface area contributed by atoms with Gasteiger partial charge in [0.15, 0.2) is 0 Å². The average molecular weight is 313 g/mol. The van der Waals surface area contributed by atoms with E-state index >= 15 is 0 Å². The number of nitrogens with one attached hydrogen (secondary N) is 1. The van der Waals surface area contributed by atoms with Crippen LogP contribution in [0.4, 0.5) is 0 Å². The molecule has 0 aliphatic rings. The number of thiophene rings is 1. The van der Waals surface area contributed by atoms with Crippen LogP contribution in [0.25, 0.3) is 10.1 Å². The zero-order chi connectivity index (χ0) is 14.8. The van der Waals surface area contributed by atoms with Crippen molar-refractivity contribution >= 4 is 33.0 Å². The van der Waals surface area contributed by atoms with E-state index in [1.807, 2.05) is 44.1 Å². The van der Waals surface area contributed by atoms with Gasteiger partial charge in [-0.3, -0.25) is 0 Å². The summed E-state index contributed by atoms with van der Waals surface area (Å²) in [6.45, 7) is 3.68. The maximum Gasteiger partial charge on any atom is 0.0869 e. The summed E-state index contributed by atoms with van der Waals surface area (Å²) in [4.78, 5) is 3.10. The van der Waals surface area contributed by atoms with Gasteiger partial charge in [0, 0.05) is 34.6 Å². The fraction of sp³-hybridized carbons (Fsp3) is 0.467. The van der Waals surface area contributed by atoms with Gasteiger partial charge in [-0.2, -0.15) is 0 Å². The Morgan fingerprint density at radius 2 is 2.05 bits per heavy atom. The van der Waals surface area contributed by atoms with Crippen molar-refractivity contribution in [2.24, 2.45) is 0 Å². The topological polar surface area (TPSA) is 35.5 Å². The molecule has 0 amide bonds. The number of likely N-dealkylation sites (N-methyl/N-ethyl adjacent to an activating group) is 1. The molecule has 2 N–H and O–H groups in total. The van der Waals surface area contributed by atoms with Crippen molar-refractivity contribution in [3.63, 3.8) is 0 Å². The van der Waals surface area contributed by atoms with Gasteiger partial charge >= 0.3 is 0 Å². The molecule has 0 bridgehead atoms. The molecule has 0 saturated carbocycles. The number of benzene rings is 1. The molecule has 2 rings (SSSR count). The lowest BCUT2D eigenvalue weighted by molar-refractivity contribution is 0.0336. The highest BCUT2D eigenvalue weighted by atomic mass is 35.5. The fourth-order valence-corrected chi connectivity index (χ4v) is 3.83. The van der Waals surface area contributed by atoms with Gasteiger partial charge in [-0.25, -0.2) is 0 Å². The van der Waals surface area contributed by atoms with E-state index in [0.717, 1.165) is 15.3 Å². The van der Waals surface area contributed by atoms with E-state index in [2.05, 4.69) is 11.4 Å². The Bertz CT molecular complexity index is 580. The highest BCUT2D eigenvalue weighted by Crippen LogP contribution is 2.34. The van der Waals surface area contributed by atoms with Gasteiger partial charge in [-0.15, -0.1) is 11.3 Å². The molecular formula is C15H21ClN2OS. The van der Waals surface area contributed by atoms with Crippen molar-refractivity contribution in [1.29, 1.82) is 0 Å². The third-order valence-electron chi connectivity index (χ3n) is 3.05. The summed E-state index contributed by atoms with van der Waals surface area (Å²) in [7, 11) is 3.91. The molecule has 3 nitrogen and oxygen atoms in total. The van der Waals surface area contributed by atoms with Crippen LogP contribution in [0.2, 0.25) is 5.02 Å². The molecule has 0 aliphatic heterocycles. The second kappa shape index (κ2) is 6.41. The van der Waals surface area contributed by atoms with Crippen molar-refractivity contribution < 1.29 is 5.11 Å². The molecule has 0 radical (unpaired) electrons. The molecule has 5 heteroatoms. The molecule has 20 heavy (non-hydrogen) atoms. The van der Waals surface area contributed by atoms with E-state index in [0.29, 0.717) is 19.6 Å². The van der Waals surface area contributed by atoms with Gasteiger partial charge in [0.25, 0.3) is 0 Å². The van der Waals surface area contributed by atoms with Crippen LogP contribution < -0.4 is 5.32 Å². The molecule has 110 valence electrons. The first kappa shape index (κ1) is 15.7. The highest BCUT2D eigenvalue weighted by molar-refractivity contribution is 7.19. The molecular weight excluding hydrogens is 292 g/mol. The Labute approximate surface area is 129 Å². The van der Waals surface area contributed by atoms with Crippen LogP contribution in [-0.2, 0) is 6.54 Å². The first-order chi connectivity index (χ1) is 9.39. The van der Waals surface area contributed by atoms with Crippen molar-refractivity contribution in [3.8, 4) is 0 Å². The van der Waals surface area contributed by atoms with Crippen molar-refractivity contribution in [1.82, 2.24) is 10.2 Å². The van der Waals surface area contributed by atoms with Crippen molar-refractivity contribution in [3.05, 3.63) is 34.2 Å². The number of aliphatic hydroxyl groups is 1. The van der Waals surface area contributed by atoms with Crippen molar-refractivity contribution in [2.45, 2.75) is 19.1 Å². The molecule has 1 unspecified atom stereocenters. The number of hydrogen-bond acceptors (Lipinski definition) is 4. The van der Waals surface area contributed by atoms with E-state index in [-0.39, 0.29) is 0 Å². The van der Waals surface area contributed by atoms with E-state index in [9.17, 15) is 5.11 Å².